The molecule has 0 aliphatic carbocycles. The van der Waals surface area contributed by atoms with Crippen LogP contribution in [0.15, 0.2) is 18.2 Å². The summed E-state index contributed by atoms with van der Waals surface area (Å²) in [4.78, 5) is 11.5. The van der Waals surface area contributed by atoms with E-state index in [0.29, 0.717) is 24.7 Å². The number of ether oxygens (including phenoxy) is 3. The van der Waals surface area contributed by atoms with Crippen LogP contribution in [0.3, 0.4) is 0 Å². The number of carbonyl (C=O) groups is 1. The summed E-state index contributed by atoms with van der Waals surface area (Å²) < 4.78 is 15.9. The molecule has 1 rings (SSSR count). The van der Waals surface area contributed by atoms with E-state index < -0.39 is 12.1 Å². The summed E-state index contributed by atoms with van der Waals surface area (Å²) in [6.45, 7) is 4.71. The SMILES string of the molecule is CCOc1cccc(CNC)c1OC(C)C(=O)OC. The van der Waals surface area contributed by atoms with Gasteiger partial charge in [0.05, 0.1) is 13.7 Å². The van der Waals surface area contributed by atoms with Crippen molar-refractivity contribution in [1.82, 2.24) is 5.32 Å². The molecule has 106 valence electrons. The fraction of sp³-hybridized carbons (Fsp3) is 0.500. The topological polar surface area (TPSA) is 56.8 Å². The summed E-state index contributed by atoms with van der Waals surface area (Å²) in [5, 5.41) is 3.06. The van der Waals surface area contributed by atoms with Crippen molar-refractivity contribution in [3.05, 3.63) is 23.8 Å². The van der Waals surface area contributed by atoms with Crippen LogP contribution < -0.4 is 14.8 Å². The quantitative estimate of drug-likeness (QED) is 0.763. The number of methoxy groups -OCH3 is 1. The predicted octanol–water partition coefficient (Wildman–Crippen LogP) is 1.74. The number of para-hydroxylation sites is 1. The first kappa shape index (κ1) is 15.3. The molecular formula is C14H21NO4. The highest BCUT2D eigenvalue weighted by molar-refractivity contribution is 5.74. The van der Waals surface area contributed by atoms with Crippen LogP contribution in [0.4, 0.5) is 0 Å². The second kappa shape index (κ2) is 7.63. The van der Waals surface area contributed by atoms with Gasteiger partial charge in [-0.1, -0.05) is 12.1 Å². The number of rotatable bonds is 7. The van der Waals surface area contributed by atoms with Crippen molar-refractivity contribution in [1.29, 1.82) is 0 Å². The Hall–Kier alpha value is -1.75. The first-order valence-electron chi connectivity index (χ1n) is 6.27. The predicted molar refractivity (Wildman–Crippen MR) is 72.5 cm³/mol. The third kappa shape index (κ3) is 4.13. The van der Waals surface area contributed by atoms with Crippen LogP contribution in [0.5, 0.6) is 11.5 Å². The Bertz CT molecular complexity index is 396. The van der Waals surface area contributed by atoms with Crippen molar-refractivity contribution in [2.24, 2.45) is 0 Å². The molecule has 1 aromatic rings. The van der Waals surface area contributed by atoms with E-state index in [9.17, 15) is 4.79 Å². The second-order valence-corrected chi connectivity index (χ2v) is 3.99. The van der Waals surface area contributed by atoms with Gasteiger partial charge < -0.3 is 19.5 Å². The van der Waals surface area contributed by atoms with E-state index in [1.807, 2.05) is 32.2 Å². The first-order valence-corrected chi connectivity index (χ1v) is 6.27. The van der Waals surface area contributed by atoms with Gasteiger partial charge in [-0.05, 0) is 27.0 Å². The lowest BCUT2D eigenvalue weighted by Gasteiger charge is -2.18. The van der Waals surface area contributed by atoms with Crippen molar-refractivity contribution < 1.29 is 19.0 Å². The third-order valence-electron chi connectivity index (χ3n) is 2.56. The minimum Gasteiger partial charge on any atom is -0.490 e. The zero-order valence-electron chi connectivity index (χ0n) is 11.9. The first-order chi connectivity index (χ1) is 9.13. The third-order valence-corrected chi connectivity index (χ3v) is 2.56. The standard InChI is InChI=1S/C14H21NO4/c1-5-18-12-8-6-7-11(9-15-3)13(12)19-10(2)14(16)17-4/h6-8,10,15H,5,9H2,1-4H3. The van der Waals surface area contributed by atoms with Gasteiger partial charge in [0.15, 0.2) is 17.6 Å². The van der Waals surface area contributed by atoms with E-state index in [-0.39, 0.29) is 0 Å². The van der Waals surface area contributed by atoms with Crippen LogP contribution >= 0.6 is 0 Å². The Labute approximate surface area is 113 Å². The van der Waals surface area contributed by atoms with Crippen LogP contribution in [0.1, 0.15) is 19.4 Å². The van der Waals surface area contributed by atoms with Crippen molar-refractivity contribution >= 4 is 5.97 Å². The molecule has 0 fully saturated rings. The average Bonchev–Trinajstić information content (AvgIpc) is 2.41. The Kier molecular flexibility index (Phi) is 6.15. The van der Waals surface area contributed by atoms with Gasteiger partial charge in [0.2, 0.25) is 0 Å². The van der Waals surface area contributed by atoms with E-state index >= 15 is 0 Å². The number of hydrogen-bond acceptors (Lipinski definition) is 5. The molecule has 0 saturated carbocycles. The van der Waals surface area contributed by atoms with E-state index in [0.717, 1.165) is 5.56 Å². The number of carbonyl (C=O) groups excluding carboxylic acids is 1. The smallest absolute Gasteiger partial charge is 0.346 e. The summed E-state index contributed by atoms with van der Waals surface area (Å²) in [7, 11) is 3.19. The van der Waals surface area contributed by atoms with Crippen molar-refractivity contribution in [3.8, 4) is 11.5 Å². The molecule has 0 amide bonds. The van der Waals surface area contributed by atoms with Crippen molar-refractivity contribution in [3.63, 3.8) is 0 Å². The van der Waals surface area contributed by atoms with Crippen LogP contribution in [0, 0.1) is 0 Å². The van der Waals surface area contributed by atoms with Crippen LogP contribution in [-0.4, -0.2) is 32.8 Å². The second-order valence-electron chi connectivity index (χ2n) is 3.99. The molecule has 0 aliphatic heterocycles. The monoisotopic (exact) mass is 267 g/mol. The van der Waals surface area contributed by atoms with E-state index in [2.05, 4.69) is 10.1 Å². The Morgan fingerprint density at radius 1 is 1.42 bits per heavy atom. The fourth-order valence-electron chi connectivity index (χ4n) is 1.68. The lowest BCUT2D eigenvalue weighted by Crippen LogP contribution is -2.26. The molecule has 1 N–H and O–H groups in total. The zero-order chi connectivity index (χ0) is 14.3. The largest absolute Gasteiger partial charge is 0.490 e. The molecule has 19 heavy (non-hydrogen) atoms. The normalized spacial score (nSPS) is 11.8. The molecule has 5 nitrogen and oxygen atoms in total. The minimum atomic E-state index is -0.679. The molecule has 0 saturated heterocycles. The lowest BCUT2D eigenvalue weighted by molar-refractivity contribution is -0.147. The van der Waals surface area contributed by atoms with Gasteiger partial charge in [-0.3, -0.25) is 0 Å². The van der Waals surface area contributed by atoms with Crippen LogP contribution in [-0.2, 0) is 16.1 Å². The highest BCUT2D eigenvalue weighted by atomic mass is 16.6. The van der Waals surface area contributed by atoms with Gasteiger partial charge in [0.1, 0.15) is 0 Å². The maximum Gasteiger partial charge on any atom is 0.346 e. The molecule has 1 aromatic carbocycles. The fourth-order valence-corrected chi connectivity index (χ4v) is 1.68. The summed E-state index contributed by atoms with van der Waals surface area (Å²) in [6, 6.07) is 5.65. The van der Waals surface area contributed by atoms with Gasteiger partial charge in [-0.25, -0.2) is 4.79 Å². The molecule has 0 spiro atoms. The Balaban J connectivity index is 3.02. The molecule has 0 aromatic heterocycles. The Morgan fingerprint density at radius 2 is 2.16 bits per heavy atom. The summed E-state index contributed by atoms with van der Waals surface area (Å²) >= 11 is 0. The molecule has 5 heteroatoms. The van der Waals surface area contributed by atoms with E-state index in [1.54, 1.807) is 6.92 Å². The minimum absolute atomic E-state index is 0.415. The molecule has 1 unspecified atom stereocenters. The number of hydrogen-bond donors (Lipinski definition) is 1. The lowest BCUT2D eigenvalue weighted by atomic mass is 10.2. The van der Waals surface area contributed by atoms with Gasteiger partial charge in [-0.2, -0.15) is 0 Å². The van der Waals surface area contributed by atoms with E-state index in [1.165, 1.54) is 7.11 Å². The van der Waals surface area contributed by atoms with Gasteiger partial charge in [-0.15, -0.1) is 0 Å². The number of nitrogens with one attached hydrogen (secondary N) is 1. The number of esters is 1. The van der Waals surface area contributed by atoms with Crippen molar-refractivity contribution in [2.45, 2.75) is 26.5 Å². The zero-order valence-corrected chi connectivity index (χ0v) is 11.9. The molecule has 0 aliphatic rings. The van der Waals surface area contributed by atoms with Crippen LogP contribution in [0.2, 0.25) is 0 Å². The van der Waals surface area contributed by atoms with Gasteiger partial charge in [0, 0.05) is 12.1 Å². The summed E-state index contributed by atoms with van der Waals surface area (Å²) in [5.74, 6) is 0.796. The highest BCUT2D eigenvalue weighted by Crippen LogP contribution is 2.32. The maximum atomic E-state index is 11.5. The molecule has 1 atom stereocenters. The van der Waals surface area contributed by atoms with Gasteiger partial charge >= 0.3 is 5.97 Å². The molecule has 0 bridgehead atoms. The molecular weight excluding hydrogens is 246 g/mol. The molecule has 0 radical (unpaired) electrons. The van der Waals surface area contributed by atoms with Gasteiger partial charge in [0.25, 0.3) is 0 Å². The summed E-state index contributed by atoms with van der Waals surface area (Å²) in [6.07, 6.45) is -0.679. The average molecular weight is 267 g/mol. The highest BCUT2D eigenvalue weighted by Gasteiger charge is 2.19. The maximum absolute atomic E-state index is 11.5. The van der Waals surface area contributed by atoms with Crippen molar-refractivity contribution in [2.75, 3.05) is 20.8 Å². The van der Waals surface area contributed by atoms with Crippen LogP contribution in [0.25, 0.3) is 0 Å². The number of benzene rings is 1. The van der Waals surface area contributed by atoms with E-state index in [4.69, 9.17) is 9.47 Å². The Morgan fingerprint density at radius 3 is 2.74 bits per heavy atom. The summed E-state index contributed by atoms with van der Waals surface area (Å²) in [5.41, 5.74) is 0.934. The molecule has 0 heterocycles.